The SMILES string of the molecule is COc1ccc(C2=CCCc3ccc(C(=O)N=C(N)N)cc32)c(C(F)(F)F)c1. The van der Waals surface area contributed by atoms with Crippen LogP contribution in [0.5, 0.6) is 5.75 Å². The van der Waals surface area contributed by atoms with E-state index < -0.39 is 17.6 Å². The number of ether oxygens (including phenoxy) is 1. The lowest BCUT2D eigenvalue weighted by atomic mass is 9.84. The molecule has 0 atom stereocenters. The molecule has 0 aliphatic heterocycles. The molecule has 1 aliphatic carbocycles. The molecule has 0 saturated carbocycles. The van der Waals surface area contributed by atoms with Crippen LogP contribution in [0.25, 0.3) is 5.57 Å². The topological polar surface area (TPSA) is 90.7 Å². The van der Waals surface area contributed by atoms with Crippen LogP contribution >= 0.6 is 0 Å². The van der Waals surface area contributed by atoms with Crippen molar-refractivity contribution in [1.29, 1.82) is 0 Å². The van der Waals surface area contributed by atoms with Crippen LogP contribution in [-0.4, -0.2) is 19.0 Å². The molecule has 0 heterocycles. The van der Waals surface area contributed by atoms with E-state index in [0.29, 0.717) is 24.0 Å². The van der Waals surface area contributed by atoms with Gasteiger partial charge < -0.3 is 16.2 Å². The van der Waals surface area contributed by atoms with Crippen LogP contribution < -0.4 is 16.2 Å². The summed E-state index contributed by atoms with van der Waals surface area (Å²) in [5, 5.41) is 0. The highest BCUT2D eigenvalue weighted by molar-refractivity contribution is 6.02. The van der Waals surface area contributed by atoms with Crippen LogP contribution in [-0.2, 0) is 12.6 Å². The molecule has 0 aromatic heterocycles. The van der Waals surface area contributed by atoms with Crippen molar-refractivity contribution in [2.75, 3.05) is 7.11 Å². The molecule has 4 N–H and O–H groups in total. The molecule has 1 amide bonds. The van der Waals surface area contributed by atoms with Crippen molar-refractivity contribution in [2.45, 2.75) is 19.0 Å². The first-order chi connectivity index (χ1) is 13.2. The van der Waals surface area contributed by atoms with E-state index in [1.807, 2.05) is 0 Å². The zero-order valence-corrected chi connectivity index (χ0v) is 15.0. The van der Waals surface area contributed by atoms with Gasteiger partial charge in [-0.25, -0.2) is 0 Å². The summed E-state index contributed by atoms with van der Waals surface area (Å²) in [5.41, 5.74) is 11.7. The highest BCUT2D eigenvalue weighted by Gasteiger charge is 2.35. The van der Waals surface area contributed by atoms with Crippen molar-refractivity contribution < 1.29 is 22.7 Å². The van der Waals surface area contributed by atoms with Crippen LogP contribution in [0.15, 0.2) is 47.5 Å². The number of nitrogens with zero attached hydrogens (tertiary/aromatic N) is 1. The Morgan fingerprint density at radius 2 is 1.86 bits per heavy atom. The van der Waals surface area contributed by atoms with Gasteiger partial charge in [0.25, 0.3) is 5.91 Å². The zero-order chi connectivity index (χ0) is 20.5. The van der Waals surface area contributed by atoms with Gasteiger partial charge in [-0.05, 0) is 59.4 Å². The highest BCUT2D eigenvalue weighted by atomic mass is 19.4. The van der Waals surface area contributed by atoms with Gasteiger partial charge in [0.05, 0.1) is 12.7 Å². The maximum atomic E-state index is 13.7. The Bertz CT molecular complexity index is 991. The second-order valence-corrected chi connectivity index (χ2v) is 6.28. The number of benzene rings is 2. The minimum absolute atomic E-state index is 0.0284. The Morgan fingerprint density at radius 3 is 2.50 bits per heavy atom. The number of aliphatic imine (C=N–C) groups is 1. The summed E-state index contributed by atoms with van der Waals surface area (Å²) < 4.78 is 45.9. The lowest BCUT2D eigenvalue weighted by molar-refractivity contribution is -0.137. The van der Waals surface area contributed by atoms with Crippen molar-refractivity contribution in [1.82, 2.24) is 0 Å². The van der Waals surface area contributed by atoms with E-state index in [4.69, 9.17) is 16.2 Å². The monoisotopic (exact) mass is 389 g/mol. The van der Waals surface area contributed by atoms with Crippen LogP contribution in [0.1, 0.15) is 39.0 Å². The standard InChI is InChI=1S/C20H18F3N3O2/c1-28-13-7-8-15(17(10-13)20(21,22)23)14-4-2-3-11-5-6-12(9-16(11)14)18(27)26-19(24)25/h4-10H,2-3H2,1H3,(H4,24,25,26,27). The fourth-order valence-electron chi connectivity index (χ4n) is 3.22. The van der Waals surface area contributed by atoms with Gasteiger partial charge in [0, 0.05) is 5.56 Å². The second-order valence-electron chi connectivity index (χ2n) is 6.28. The van der Waals surface area contributed by atoms with E-state index in [9.17, 15) is 18.0 Å². The number of halogens is 3. The molecule has 0 fully saturated rings. The number of methoxy groups -OCH3 is 1. The van der Waals surface area contributed by atoms with Crippen molar-refractivity contribution in [3.8, 4) is 5.75 Å². The summed E-state index contributed by atoms with van der Waals surface area (Å²) in [5.74, 6) is -0.920. The molecular formula is C20H18F3N3O2. The maximum absolute atomic E-state index is 13.7. The molecule has 146 valence electrons. The van der Waals surface area contributed by atoms with Gasteiger partial charge in [-0.2, -0.15) is 18.2 Å². The number of allylic oxidation sites excluding steroid dienone is 1. The minimum Gasteiger partial charge on any atom is -0.497 e. The zero-order valence-electron chi connectivity index (χ0n) is 15.0. The molecule has 0 radical (unpaired) electrons. The van der Waals surface area contributed by atoms with Gasteiger partial charge in [-0.3, -0.25) is 4.79 Å². The number of nitrogens with two attached hydrogens (primary N) is 2. The minimum atomic E-state index is -4.56. The van der Waals surface area contributed by atoms with Crippen molar-refractivity contribution >= 4 is 17.4 Å². The van der Waals surface area contributed by atoms with Gasteiger partial charge in [0.2, 0.25) is 0 Å². The van der Waals surface area contributed by atoms with E-state index in [0.717, 1.165) is 11.6 Å². The number of alkyl halides is 3. The first kappa shape index (κ1) is 19.5. The Morgan fingerprint density at radius 1 is 1.11 bits per heavy atom. The van der Waals surface area contributed by atoms with Gasteiger partial charge in [-0.1, -0.05) is 18.2 Å². The largest absolute Gasteiger partial charge is 0.497 e. The fraction of sp³-hybridized carbons (Fsp3) is 0.200. The van der Waals surface area contributed by atoms with E-state index in [2.05, 4.69) is 4.99 Å². The van der Waals surface area contributed by atoms with Gasteiger partial charge in [-0.15, -0.1) is 0 Å². The van der Waals surface area contributed by atoms with Gasteiger partial charge >= 0.3 is 6.18 Å². The van der Waals surface area contributed by atoms with E-state index in [-0.39, 0.29) is 22.8 Å². The summed E-state index contributed by atoms with van der Waals surface area (Å²) in [6.45, 7) is 0. The molecule has 2 aromatic carbocycles. The summed E-state index contributed by atoms with van der Waals surface area (Å²) in [4.78, 5) is 15.6. The Kier molecular flexibility index (Phi) is 5.13. The van der Waals surface area contributed by atoms with Crippen molar-refractivity contribution in [3.63, 3.8) is 0 Å². The van der Waals surface area contributed by atoms with Crippen LogP contribution in [0.2, 0.25) is 0 Å². The lowest BCUT2D eigenvalue weighted by Crippen LogP contribution is -2.24. The van der Waals surface area contributed by atoms with Gasteiger partial charge in [0.1, 0.15) is 5.75 Å². The number of amides is 1. The number of carbonyl (C=O) groups is 1. The molecule has 0 bridgehead atoms. The molecule has 3 rings (SSSR count). The second kappa shape index (κ2) is 7.38. The average molecular weight is 389 g/mol. The third-order valence-electron chi connectivity index (χ3n) is 4.46. The maximum Gasteiger partial charge on any atom is 0.417 e. The molecule has 2 aromatic rings. The number of hydrogen-bond acceptors (Lipinski definition) is 2. The van der Waals surface area contributed by atoms with Gasteiger partial charge in [0.15, 0.2) is 5.96 Å². The van der Waals surface area contributed by atoms with Crippen LogP contribution in [0, 0.1) is 0 Å². The third-order valence-corrected chi connectivity index (χ3v) is 4.46. The molecule has 1 aliphatic rings. The first-order valence-electron chi connectivity index (χ1n) is 8.43. The van der Waals surface area contributed by atoms with Crippen LogP contribution in [0.4, 0.5) is 13.2 Å². The fourth-order valence-corrected chi connectivity index (χ4v) is 3.22. The average Bonchev–Trinajstić information content (AvgIpc) is 2.65. The van der Waals surface area contributed by atoms with E-state index >= 15 is 0 Å². The predicted octanol–water partition coefficient (Wildman–Crippen LogP) is 3.51. The van der Waals surface area contributed by atoms with E-state index in [1.165, 1.54) is 25.3 Å². The van der Waals surface area contributed by atoms with E-state index in [1.54, 1.807) is 18.2 Å². The number of rotatable bonds is 3. The number of aryl methyl sites for hydroxylation is 1. The van der Waals surface area contributed by atoms with Crippen molar-refractivity contribution in [3.05, 3.63) is 70.3 Å². The lowest BCUT2D eigenvalue weighted by Gasteiger charge is -2.22. The molecule has 5 nitrogen and oxygen atoms in total. The number of guanidine groups is 1. The molecule has 0 saturated heterocycles. The Balaban J connectivity index is 2.15. The Labute approximate surface area is 159 Å². The smallest absolute Gasteiger partial charge is 0.417 e. The summed E-state index contributed by atoms with van der Waals surface area (Å²) in [7, 11) is 1.31. The number of carbonyl (C=O) groups excluding carboxylic acids is 1. The van der Waals surface area contributed by atoms with Crippen LogP contribution in [0.3, 0.4) is 0 Å². The number of fused-ring (bicyclic) bond motifs is 1. The molecule has 8 heteroatoms. The third kappa shape index (κ3) is 3.85. The molecule has 28 heavy (non-hydrogen) atoms. The Hall–Kier alpha value is -3.29. The quantitative estimate of drug-likeness (QED) is 0.621. The predicted molar refractivity (Wildman–Crippen MR) is 100.0 cm³/mol. The normalized spacial score (nSPS) is 13.4. The molecular weight excluding hydrogens is 371 g/mol. The molecule has 0 unspecified atom stereocenters. The molecule has 0 spiro atoms. The van der Waals surface area contributed by atoms with Crippen molar-refractivity contribution in [2.24, 2.45) is 16.5 Å². The first-order valence-corrected chi connectivity index (χ1v) is 8.43. The highest BCUT2D eigenvalue weighted by Crippen LogP contribution is 2.41. The number of hydrogen-bond donors (Lipinski definition) is 2. The summed E-state index contributed by atoms with van der Waals surface area (Å²) in [6, 6.07) is 8.64. The summed E-state index contributed by atoms with van der Waals surface area (Å²) in [6.07, 6.45) is -1.57. The summed E-state index contributed by atoms with van der Waals surface area (Å²) >= 11 is 0.